The monoisotopic (exact) mass is 887 g/mol. The van der Waals surface area contributed by atoms with Crippen molar-refractivity contribution in [2.45, 2.75) is 226 Å². The van der Waals surface area contributed by atoms with E-state index in [9.17, 15) is 14.4 Å². The fourth-order valence-electron chi connectivity index (χ4n) is 6.75. The normalized spacial score (nSPS) is 13.0. The van der Waals surface area contributed by atoms with Gasteiger partial charge in [0, 0.05) is 12.8 Å². The van der Waals surface area contributed by atoms with Gasteiger partial charge in [-0.2, -0.15) is 0 Å². The maximum absolute atomic E-state index is 12.8. The van der Waals surface area contributed by atoms with Gasteiger partial charge in [-0.25, -0.2) is 0 Å². The summed E-state index contributed by atoms with van der Waals surface area (Å²) in [6, 6.07) is 0. The molecule has 0 aliphatic carbocycles. The van der Waals surface area contributed by atoms with Crippen LogP contribution in [0.25, 0.3) is 0 Å². The Labute approximate surface area is 393 Å². The second-order valence-electron chi connectivity index (χ2n) is 16.7. The summed E-state index contributed by atoms with van der Waals surface area (Å²) in [5.41, 5.74) is 0. The van der Waals surface area contributed by atoms with Crippen molar-refractivity contribution in [1.82, 2.24) is 0 Å². The highest BCUT2D eigenvalue weighted by atomic mass is 16.6. The van der Waals surface area contributed by atoms with Gasteiger partial charge in [-0.05, 0) is 89.9 Å². The zero-order valence-electron chi connectivity index (χ0n) is 41.3. The maximum Gasteiger partial charge on any atom is 0.309 e. The lowest BCUT2D eigenvalue weighted by Gasteiger charge is -2.18. The summed E-state index contributed by atoms with van der Waals surface area (Å²) in [5, 5.41) is 0. The van der Waals surface area contributed by atoms with E-state index in [2.05, 4.69) is 118 Å². The average Bonchev–Trinajstić information content (AvgIpc) is 3.29. The van der Waals surface area contributed by atoms with Gasteiger partial charge in [0.2, 0.25) is 0 Å². The summed E-state index contributed by atoms with van der Waals surface area (Å²) < 4.78 is 16.6. The summed E-state index contributed by atoms with van der Waals surface area (Å²) in [6.45, 7) is 6.26. The fraction of sp³-hybridized carbons (Fsp3) is 0.638. The first-order chi connectivity index (χ1) is 31.5. The van der Waals surface area contributed by atoms with Crippen molar-refractivity contribution in [2.75, 3.05) is 13.2 Å². The summed E-state index contributed by atoms with van der Waals surface area (Å²) >= 11 is 0. The third-order valence-corrected chi connectivity index (χ3v) is 10.6. The molecule has 0 aromatic rings. The van der Waals surface area contributed by atoms with Crippen molar-refractivity contribution in [1.29, 1.82) is 0 Å². The minimum atomic E-state index is -0.827. The Bertz CT molecular complexity index is 1340. The summed E-state index contributed by atoms with van der Waals surface area (Å²) in [6.07, 6.45) is 69.7. The van der Waals surface area contributed by atoms with Crippen LogP contribution in [0.5, 0.6) is 0 Å². The van der Waals surface area contributed by atoms with Crippen LogP contribution in [0.2, 0.25) is 0 Å². The van der Waals surface area contributed by atoms with E-state index in [4.69, 9.17) is 14.2 Å². The first kappa shape index (κ1) is 60.1. The van der Waals surface area contributed by atoms with Gasteiger partial charge in [0.05, 0.1) is 6.42 Å². The number of esters is 3. The number of carbonyl (C=O) groups is 3. The van der Waals surface area contributed by atoms with Crippen molar-refractivity contribution in [3.05, 3.63) is 109 Å². The van der Waals surface area contributed by atoms with Gasteiger partial charge < -0.3 is 14.2 Å². The molecule has 0 saturated carbocycles. The van der Waals surface area contributed by atoms with Crippen molar-refractivity contribution >= 4 is 17.9 Å². The molecular weight excluding hydrogens is 793 g/mol. The second-order valence-corrected chi connectivity index (χ2v) is 16.7. The quantitative estimate of drug-likeness (QED) is 0.0199. The Balaban J connectivity index is 4.42. The first-order valence-electron chi connectivity index (χ1n) is 25.9. The molecule has 0 N–H and O–H groups in total. The number of carbonyl (C=O) groups excluding carboxylic acids is 3. The highest BCUT2D eigenvalue weighted by Crippen LogP contribution is 2.14. The standard InChI is InChI=1S/C58H94O6/c1-4-7-10-13-16-19-21-23-25-27-29-31-32-34-36-39-42-45-48-51-57(60)63-54-55(53-62-56(59)50-47-44-41-38-18-15-12-9-6-3)64-58(61)52-49-46-43-40-37-35-33-30-28-26-24-22-20-17-14-11-8-5-2/h7,9-10,12,16,18-19,22-26,28,30,33,38,44,47,55H,4-6,8,11,13-15,17,20-21,27,29,31-32,34-37,39-43,45-46,48-54H2,1-3H3/b10-7-,12-9-,19-16-,24-22-,25-23-,28-26-,33-30-,38-18-,47-44-. The molecular formula is C58H94O6. The number of hydrogen-bond donors (Lipinski definition) is 0. The van der Waals surface area contributed by atoms with Gasteiger partial charge in [-0.15, -0.1) is 0 Å². The van der Waals surface area contributed by atoms with E-state index in [0.717, 1.165) is 109 Å². The molecule has 1 unspecified atom stereocenters. The Hall–Kier alpha value is -3.93. The lowest BCUT2D eigenvalue weighted by molar-refractivity contribution is -0.166. The smallest absolute Gasteiger partial charge is 0.309 e. The van der Waals surface area contributed by atoms with Crippen LogP contribution < -0.4 is 0 Å². The molecule has 0 radical (unpaired) electrons. The van der Waals surface area contributed by atoms with E-state index in [-0.39, 0.29) is 38.0 Å². The average molecular weight is 887 g/mol. The van der Waals surface area contributed by atoms with E-state index in [1.54, 1.807) is 6.08 Å². The van der Waals surface area contributed by atoms with Gasteiger partial charge in [0.1, 0.15) is 13.2 Å². The van der Waals surface area contributed by atoms with Crippen LogP contribution in [0, 0.1) is 0 Å². The molecule has 0 saturated heterocycles. The maximum atomic E-state index is 12.8. The lowest BCUT2D eigenvalue weighted by Crippen LogP contribution is -2.30. The predicted molar refractivity (Wildman–Crippen MR) is 274 cm³/mol. The van der Waals surface area contributed by atoms with Crippen LogP contribution in [-0.2, 0) is 28.6 Å². The molecule has 0 bridgehead atoms. The molecule has 0 amide bonds. The van der Waals surface area contributed by atoms with E-state index < -0.39 is 12.1 Å². The molecule has 0 aliphatic rings. The number of ether oxygens (including phenoxy) is 3. The molecule has 64 heavy (non-hydrogen) atoms. The fourth-order valence-corrected chi connectivity index (χ4v) is 6.75. The third kappa shape index (κ3) is 49.1. The van der Waals surface area contributed by atoms with Gasteiger partial charge in [0.15, 0.2) is 6.10 Å². The van der Waals surface area contributed by atoms with Crippen molar-refractivity contribution in [3.63, 3.8) is 0 Å². The van der Waals surface area contributed by atoms with Crippen LogP contribution in [0.3, 0.4) is 0 Å². The SMILES string of the molecule is CC/C=C\C/C=C\C/C=C\CCCCCCCCCCCC(=O)OCC(COC(=O)C/C=C\C/C=C\C/C=C\CC)OC(=O)CCCCCCC\C=C/C=C\C=C/CCCCCCC. The van der Waals surface area contributed by atoms with Gasteiger partial charge in [-0.1, -0.05) is 220 Å². The molecule has 1 atom stereocenters. The Kier molecular flexibility index (Phi) is 48.5. The zero-order chi connectivity index (χ0) is 46.5. The minimum absolute atomic E-state index is 0.118. The molecule has 362 valence electrons. The molecule has 0 aromatic heterocycles. The summed E-state index contributed by atoms with van der Waals surface area (Å²) in [7, 11) is 0. The Morgan fingerprint density at radius 3 is 1.22 bits per heavy atom. The third-order valence-electron chi connectivity index (χ3n) is 10.6. The van der Waals surface area contributed by atoms with E-state index >= 15 is 0 Å². The van der Waals surface area contributed by atoms with Gasteiger partial charge >= 0.3 is 17.9 Å². The first-order valence-corrected chi connectivity index (χ1v) is 25.9. The molecule has 6 nitrogen and oxygen atoms in total. The van der Waals surface area contributed by atoms with E-state index in [1.807, 2.05) is 6.08 Å². The summed E-state index contributed by atoms with van der Waals surface area (Å²) in [5.74, 6) is -1.08. The number of unbranched alkanes of at least 4 members (excludes halogenated alkanes) is 19. The van der Waals surface area contributed by atoms with Gasteiger partial charge in [0.25, 0.3) is 0 Å². The topological polar surface area (TPSA) is 78.9 Å². The molecule has 0 spiro atoms. The van der Waals surface area contributed by atoms with Crippen molar-refractivity contribution in [2.24, 2.45) is 0 Å². The second kappa shape index (κ2) is 51.7. The Morgan fingerprint density at radius 1 is 0.359 bits per heavy atom. The number of rotatable bonds is 45. The minimum Gasteiger partial charge on any atom is -0.462 e. The van der Waals surface area contributed by atoms with E-state index in [1.165, 1.54) is 70.6 Å². The highest BCUT2D eigenvalue weighted by Gasteiger charge is 2.19. The summed E-state index contributed by atoms with van der Waals surface area (Å²) in [4.78, 5) is 37.8. The van der Waals surface area contributed by atoms with Crippen molar-refractivity contribution in [3.8, 4) is 0 Å². The lowest BCUT2D eigenvalue weighted by atomic mass is 10.1. The van der Waals surface area contributed by atoms with Crippen LogP contribution in [0.4, 0.5) is 0 Å². The number of hydrogen-bond acceptors (Lipinski definition) is 6. The van der Waals surface area contributed by atoms with Crippen LogP contribution in [0.15, 0.2) is 109 Å². The highest BCUT2D eigenvalue weighted by molar-refractivity contribution is 5.72. The molecule has 0 fully saturated rings. The van der Waals surface area contributed by atoms with Gasteiger partial charge in [-0.3, -0.25) is 14.4 Å². The molecule has 6 heteroatoms. The molecule has 0 heterocycles. The molecule has 0 aliphatic heterocycles. The molecule has 0 rings (SSSR count). The van der Waals surface area contributed by atoms with E-state index in [0.29, 0.717) is 6.42 Å². The van der Waals surface area contributed by atoms with Crippen molar-refractivity contribution < 1.29 is 28.6 Å². The number of allylic oxidation sites excluding steroid dienone is 17. The largest absolute Gasteiger partial charge is 0.462 e. The van der Waals surface area contributed by atoms with Crippen LogP contribution in [0.1, 0.15) is 220 Å². The molecule has 0 aromatic carbocycles. The van der Waals surface area contributed by atoms with Crippen LogP contribution in [-0.4, -0.2) is 37.2 Å². The Morgan fingerprint density at radius 2 is 0.734 bits per heavy atom. The zero-order valence-corrected chi connectivity index (χ0v) is 41.3. The predicted octanol–water partition coefficient (Wildman–Crippen LogP) is 17.1. The van der Waals surface area contributed by atoms with Crippen LogP contribution >= 0.6 is 0 Å².